The molecule has 2 fully saturated rings. The molecular weight excluding hydrogens is 377 g/mol. The molecule has 1 amide bonds. The summed E-state index contributed by atoms with van der Waals surface area (Å²) in [6, 6.07) is 3.27. The third-order valence-corrected chi connectivity index (χ3v) is 5.22. The number of halogens is 3. The molecule has 154 valence electrons. The van der Waals surface area contributed by atoms with E-state index in [1.807, 2.05) is 0 Å². The highest BCUT2D eigenvalue weighted by Crippen LogP contribution is 2.30. The van der Waals surface area contributed by atoms with E-state index in [9.17, 15) is 22.8 Å². The first-order valence-corrected chi connectivity index (χ1v) is 9.05. The summed E-state index contributed by atoms with van der Waals surface area (Å²) in [5.74, 6) is -0.849. The average Bonchev–Trinajstić information content (AvgIpc) is 3.11. The molecule has 1 aromatic rings. The number of rotatable bonds is 5. The molecule has 0 spiro atoms. The van der Waals surface area contributed by atoms with E-state index in [2.05, 4.69) is 26.2 Å². The maximum Gasteiger partial charge on any atom is 0.416 e. The Kier molecular flexibility index (Phi) is 6.21. The van der Waals surface area contributed by atoms with Crippen LogP contribution in [-0.2, 0) is 20.5 Å². The Bertz CT molecular complexity index is 711. The second-order valence-corrected chi connectivity index (χ2v) is 6.99. The molecule has 0 bridgehead atoms. The number of hydrazine groups is 1. The standard InChI is InChI=1S/C18H23F3N4O3/c1-28-15(26)8-14(10-2-4-11(5-3-10)18(19,20)21)23-17(27)16-12-9-22-7-6-13(12)24-25-16/h2-5,12-14,16,22,24-25H,6-9H2,1H3,(H,23,27). The number of methoxy groups -OCH3 is 1. The van der Waals surface area contributed by atoms with E-state index in [0.29, 0.717) is 12.1 Å². The highest BCUT2D eigenvalue weighted by atomic mass is 19.4. The maximum absolute atomic E-state index is 12.8. The van der Waals surface area contributed by atoms with Crippen LogP contribution >= 0.6 is 0 Å². The zero-order valence-electron chi connectivity index (χ0n) is 15.3. The third kappa shape index (κ3) is 4.62. The summed E-state index contributed by atoms with van der Waals surface area (Å²) in [6.07, 6.45) is -3.76. The van der Waals surface area contributed by atoms with Crippen LogP contribution in [0.4, 0.5) is 13.2 Å². The summed E-state index contributed by atoms with van der Waals surface area (Å²) in [4.78, 5) is 24.6. The molecule has 2 aliphatic heterocycles. The van der Waals surface area contributed by atoms with Crippen LogP contribution < -0.4 is 21.5 Å². The van der Waals surface area contributed by atoms with E-state index in [-0.39, 0.29) is 24.3 Å². The van der Waals surface area contributed by atoms with Crippen LogP contribution in [0.1, 0.15) is 30.0 Å². The highest BCUT2D eigenvalue weighted by Gasteiger charge is 2.41. The van der Waals surface area contributed by atoms with Crippen molar-refractivity contribution < 1.29 is 27.5 Å². The Hall–Kier alpha value is -2.17. The van der Waals surface area contributed by atoms with Crippen molar-refractivity contribution in [1.82, 2.24) is 21.5 Å². The summed E-state index contributed by atoms with van der Waals surface area (Å²) >= 11 is 0. The largest absolute Gasteiger partial charge is 0.469 e. The number of fused-ring (bicyclic) bond motifs is 1. The lowest BCUT2D eigenvalue weighted by Crippen LogP contribution is -2.50. The van der Waals surface area contributed by atoms with Crippen molar-refractivity contribution in [3.05, 3.63) is 35.4 Å². The third-order valence-electron chi connectivity index (χ3n) is 5.22. The first-order valence-electron chi connectivity index (χ1n) is 9.05. The lowest BCUT2D eigenvalue weighted by atomic mass is 9.89. The van der Waals surface area contributed by atoms with Crippen molar-refractivity contribution in [2.75, 3.05) is 20.2 Å². The van der Waals surface area contributed by atoms with Crippen LogP contribution in [0.25, 0.3) is 0 Å². The fourth-order valence-corrected chi connectivity index (χ4v) is 3.64. The first-order chi connectivity index (χ1) is 13.3. The fourth-order valence-electron chi connectivity index (χ4n) is 3.64. The van der Waals surface area contributed by atoms with E-state index in [1.54, 1.807) is 0 Å². The van der Waals surface area contributed by atoms with E-state index >= 15 is 0 Å². The summed E-state index contributed by atoms with van der Waals surface area (Å²) in [5, 5.41) is 6.03. The molecule has 4 N–H and O–H groups in total. The van der Waals surface area contributed by atoms with Gasteiger partial charge in [0.1, 0.15) is 6.04 Å². The SMILES string of the molecule is COC(=O)CC(NC(=O)C1NNC2CCNCC21)c1ccc(C(F)(F)F)cc1. The monoisotopic (exact) mass is 400 g/mol. The van der Waals surface area contributed by atoms with Crippen LogP contribution in [0.3, 0.4) is 0 Å². The number of amides is 1. The quantitative estimate of drug-likeness (QED) is 0.549. The van der Waals surface area contributed by atoms with Crippen LogP contribution in [0.2, 0.25) is 0 Å². The number of carbonyl (C=O) groups is 2. The molecule has 2 aliphatic rings. The molecule has 7 nitrogen and oxygen atoms in total. The van der Waals surface area contributed by atoms with Gasteiger partial charge in [-0.2, -0.15) is 13.2 Å². The second kappa shape index (κ2) is 8.46. The minimum Gasteiger partial charge on any atom is -0.469 e. The minimum atomic E-state index is -4.46. The van der Waals surface area contributed by atoms with Crippen molar-refractivity contribution in [2.45, 2.75) is 37.1 Å². The van der Waals surface area contributed by atoms with Gasteiger partial charge in [0.05, 0.1) is 25.1 Å². The topological polar surface area (TPSA) is 91.5 Å². The number of ether oxygens (including phenoxy) is 1. The molecule has 4 unspecified atom stereocenters. The first kappa shape index (κ1) is 20.6. The van der Waals surface area contributed by atoms with Gasteiger partial charge in [0, 0.05) is 18.5 Å². The minimum absolute atomic E-state index is 0.0418. The molecule has 4 atom stereocenters. The number of piperidine rings is 1. The van der Waals surface area contributed by atoms with Gasteiger partial charge >= 0.3 is 12.1 Å². The number of esters is 1. The fraction of sp³-hybridized carbons (Fsp3) is 0.556. The molecule has 1 aromatic carbocycles. The Labute approximate surface area is 160 Å². The van der Waals surface area contributed by atoms with Crippen molar-refractivity contribution in [2.24, 2.45) is 5.92 Å². The smallest absolute Gasteiger partial charge is 0.416 e. The summed E-state index contributed by atoms with van der Waals surface area (Å²) in [7, 11) is 1.22. The number of alkyl halides is 3. The lowest BCUT2D eigenvalue weighted by molar-refractivity contribution is -0.141. The van der Waals surface area contributed by atoms with Gasteiger partial charge < -0.3 is 15.4 Å². The van der Waals surface area contributed by atoms with Gasteiger partial charge in [-0.1, -0.05) is 12.1 Å². The molecular formula is C18H23F3N4O3. The molecule has 0 radical (unpaired) electrons. The molecule has 0 aliphatic carbocycles. The Balaban J connectivity index is 1.74. The Morgan fingerprint density at radius 3 is 2.61 bits per heavy atom. The van der Waals surface area contributed by atoms with Crippen molar-refractivity contribution in [3.63, 3.8) is 0 Å². The lowest BCUT2D eigenvalue weighted by Gasteiger charge is -2.28. The number of hydrogen-bond donors (Lipinski definition) is 4. The normalized spacial score (nSPS) is 25.6. The number of nitrogens with one attached hydrogen (secondary N) is 4. The van der Waals surface area contributed by atoms with Gasteiger partial charge in [-0.05, 0) is 30.7 Å². The molecule has 0 aromatic heterocycles. The van der Waals surface area contributed by atoms with Crippen molar-refractivity contribution in [3.8, 4) is 0 Å². The predicted octanol–water partition coefficient (Wildman–Crippen LogP) is 0.880. The molecule has 2 saturated heterocycles. The van der Waals surface area contributed by atoms with E-state index in [1.165, 1.54) is 19.2 Å². The van der Waals surface area contributed by atoms with Crippen LogP contribution in [0, 0.1) is 5.92 Å². The van der Waals surface area contributed by atoms with Gasteiger partial charge in [-0.15, -0.1) is 0 Å². The highest BCUT2D eigenvalue weighted by molar-refractivity contribution is 5.83. The van der Waals surface area contributed by atoms with Crippen LogP contribution in [-0.4, -0.2) is 44.2 Å². The molecule has 2 heterocycles. The Morgan fingerprint density at radius 2 is 1.96 bits per heavy atom. The summed E-state index contributed by atoms with van der Waals surface area (Å²) in [5.41, 5.74) is 5.70. The van der Waals surface area contributed by atoms with E-state index in [0.717, 1.165) is 25.1 Å². The van der Waals surface area contributed by atoms with E-state index < -0.39 is 29.8 Å². The maximum atomic E-state index is 12.8. The molecule has 28 heavy (non-hydrogen) atoms. The van der Waals surface area contributed by atoms with Gasteiger partial charge in [-0.25, -0.2) is 5.43 Å². The van der Waals surface area contributed by atoms with E-state index in [4.69, 9.17) is 0 Å². The summed E-state index contributed by atoms with van der Waals surface area (Å²) in [6.45, 7) is 1.53. The van der Waals surface area contributed by atoms with Gasteiger partial charge in [0.25, 0.3) is 0 Å². The zero-order chi connectivity index (χ0) is 20.3. The number of hydrogen-bond acceptors (Lipinski definition) is 6. The van der Waals surface area contributed by atoms with Crippen LogP contribution in [0.5, 0.6) is 0 Å². The number of benzene rings is 1. The average molecular weight is 400 g/mol. The van der Waals surface area contributed by atoms with Crippen molar-refractivity contribution in [1.29, 1.82) is 0 Å². The van der Waals surface area contributed by atoms with Gasteiger partial charge in [0.15, 0.2) is 0 Å². The predicted molar refractivity (Wildman–Crippen MR) is 93.8 cm³/mol. The second-order valence-electron chi connectivity index (χ2n) is 6.99. The Morgan fingerprint density at radius 1 is 1.25 bits per heavy atom. The van der Waals surface area contributed by atoms with Crippen molar-refractivity contribution >= 4 is 11.9 Å². The molecule has 10 heteroatoms. The van der Waals surface area contributed by atoms with Gasteiger partial charge in [-0.3, -0.25) is 15.0 Å². The number of carbonyl (C=O) groups excluding carboxylic acids is 2. The molecule has 0 saturated carbocycles. The van der Waals surface area contributed by atoms with Gasteiger partial charge in [0.2, 0.25) is 5.91 Å². The van der Waals surface area contributed by atoms with Crippen LogP contribution in [0.15, 0.2) is 24.3 Å². The summed E-state index contributed by atoms with van der Waals surface area (Å²) < 4.78 is 43.0. The zero-order valence-corrected chi connectivity index (χ0v) is 15.3. The molecule has 3 rings (SSSR count).